The lowest BCUT2D eigenvalue weighted by atomic mass is 9.90. The largest absolute Gasteiger partial charge is 0.494 e. The average molecular weight is 383 g/mol. The van der Waals surface area contributed by atoms with Gasteiger partial charge < -0.3 is 9.47 Å². The first-order valence-electron chi connectivity index (χ1n) is 9.63. The Balaban J connectivity index is 2.06. The summed E-state index contributed by atoms with van der Waals surface area (Å²) in [6.45, 7) is 12.1. The molecule has 0 atom stereocenters. The number of ether oxygens (including phenoxy) is 2. The van der Waals surface area contributed by atoms with E-state index in [0.717, 1.165) is 39.9 Å². The molecule has 0 N–H and O–H groups in total. The SMILES string of the molecule is Cc1cc(OCCCC(=O)OC(C)(C)C)cc(C)c1-c1cccc(C=O)c1C. The topological polar surface area (TPSA) is 52.6 Å². The summed E-state index contributed by atoms with van der Waals surface area (Å²) < 4.78 is 11.2. The minimum Gasteiger partial charge on any atom is -0.494 e. The average Bonchev–Trinajstić information content (AvgIpc) is 2.58. The second kappa shape index (κ2) is 9.05. The predicted molar refractivity (Wildman–Crippen MR) is 112 cm³/mol. The van der Waals surface area contributed by atoms with Gasteiger partial charge in [-0.05, 0) is 87.9 Å². The summed E-state index contributed by atoms with van der Waals surface area (Å²) in [5, 5.41) is 0. The predicted octanol–water partition coefficient (Wildman–Crippen LogP) is 5.59. The molecule has 2 aromatic rings. The highest BCUT2D eigenvalue weighted by Gasteiger charge is 2.16. The molecule has 0 aliphatic heterocycles. The van der Waals surface area contributed by atoms with Crippen molar-refractivity contribution in [3.05, 3.63) is 52.6 Å². The number of carbonyl (C=O) groups is 2. The van der Waals surface area contributed by atoms with Crippen molar-refractivity contribution in [1.29, 1.82) is 0 Å². The molecule has 0 bridgehead atoms. The van der Waals surface area contributed by atoms with Crippen LogP contribution in [0.3, 0.4) is 0 Å². The number of esters is 1. The van der Waals surface area contributed by atoms with Crippen molar-refractivity contribution in [2.45, 2.75) is 60.0 Å². The third kappa shape index (κ3) is 5.69. The van der Waals surface area contributed by atoms with Crippen LogP contribution in [-0.2, 0) is 9.53 Å². The fraction of sp³-hybridized carbons (Fsp3) is 0.417. The monoisotopic (exact) mass is 382 g/mol. The highest BCUT2D eigenvalue weighted by molar-refractivity contribution is 5.84. The van der Waals surface area contributed by atoms with Crippen LogP contribution in [0, 0.1) is 20.8 Å². The number of hydrogen-bond donors (Lipinski definition) is 0. The zero-order chi connectivity index (χ0) is 20.9. The standard InChI is InChI=1S/C24H30O4/c1-16-13-20(27-12-8-11-22(26)28-24(4,5)6)14-17(2)23(16)21-10-7-9-19(15-25)18(21)3/h7,9-10,13-15H,8,11-12H2,1-6H3. The lowest BCUT2D eigenvalue weighted by Gasteiger charge is -2.19. The zero-order valence-electron chi connectivity index (χ0n) is 17.7. The molecule has 0 aliphatic carbocycles. The van der Waals surface area contributed by atoms with E-state index in [9.17, 15) is 9.59 Å². The van der Waals surface area contributed by atoms with E-state index in [2.05, 4.69) is 0 Å². The van der Waals surface area contributed by atoms with Crippen LogP contribution < -0.4 is 4.74 Å². The van der Waals surface area contributed by atoms with Crippen LogP contribution in [-0.4, -0.2) is 24.5 Å². The first-order chi connectivity index (χ1) is 13.1. The summed E-state index contributed by atoms with van der Waals surface area (Å²) >= 11 is 0. The van der Waals surface area contributed by atoms with Crippen LogP contribution in [0.25, 0.3) is 11.1 Å². The normalized spacial score (nSPS) is 11.2. The van der Waals surface area contributed by atoms with Crippen molar-refractivity contribution >= 4 is 12.3 Å². The van der Waals surface area contributed by atoms with Gasteiger partial charge in [0.05, 0.1) is 6.61 Å². The van der Waals surface area contributed by atoms with Crippen LogP contribution in [0.5, 0.6) is 5.75 Å². The summed E-state index contributed by atoms with van der Waals surface area (Å²) in [5.41, 5.74) is 5.61. The van der Waals surface area contributed by atoms with Crippen LogP contribution in [0.1, 0.15) is 60.7 Å². The van der Waals surface area contributed by atoms with E-state index < -0.39 is 5.60 Å². The lowest BCUT2D eigenvalue weighted by Crippen LogP contribution is -2.23. The molecule has 28 heavy (non-hydrogen) atoms. The summed E-state index contributed by atoms with van der Waals surface area (Å²) in [6, 6.07) is 9.79. The van der Waals surface area contributed by atoms with Gasteiger partial charge >= 0.3 is 5.97 Å². The summed E-state index contributed by atoms with van der Waals surface area (Å²) in [6.07, 6.45) is 1.84. The number of aryl methyl sites for hydroxylation is 2. The zero-order valence-corrected chi connectivity index (χ0v) is 17.7. The van der Waals surface area contributed by atoms with Crippen LogP contribution >= 0.6 is 0 Å². The van der Waals surface area contributed by atoms with E-state index in [1.807, 2.05) is 71.9 Å². The van der Waals surface area contributed by atoms with E-state index in [1.54, 1.807) is 0 Å². The van der Waals surface area contributed by atoms with Crippen LogP contribution in [0.4, 0.5) is 0 Å². The van der Waals surface area contributed by atoms with Gasteiger partial charge in [-0.3, -0.25) is 9.59 Å². The minimum absolute atomic E-state index is 0.204. The number of aldehydes is 1. The molecule has 0 saturated carbocycles. The van der Waals surface area contributed by atoms with Gasteiger partial charge in [0.2, 0.25) is 0 Å². The molecule has 0 amide bonds. The van der Waals surface area contributed by atoms with E-state index in [4.69, 9.17) is 9.47 Å². The minimum atomic E-state index is -0.457. The second-order valence-corrected chi connectivity index (χ2v) is 8.11. The molecule has 0 radical (unpaired) electrons. The van der Waals surface area contributed by atoms with Gasteiger partial charge in [-0.1, -0.05) is 18.2 Å². The maximum absolute atomic E-state index is 11.8. The molecule has 0 spiro atoms. The maximum atomic E-state index is 11.8. The molecule has 0 aromatic heterocycles. The summed E-state index contributed by atoms with van der Waals surface area (Å²) in [4.78, 5) is 23.0. The first kappa shape index (κ1) is 21.7. The fourth-order valence-electron chi connectivity index (χ4n) is 3.28. The molecule has 4 nitrogen and oxygen atoms in total. The second-order valence-electron chi connectivity index (χ2n) is 8.11. The third-order valence-corrected chi connectivity index (χ3v) is 4.49. The Kier molecular flexibility index (Phi) is 7.00. The Morgan fingerprint density at radius 3 is 2.29 bits per heavy atom. The lowest BCUT2D eigenvalue weighted by molar-refractivity contribution is -0.155. The van der Waals surface area contributed by atoms with Gasteiger partial charge in [0.1, 0.15) is 17.6 Å². The third-order valence-electron chi connectivity index (χ3n) is 4.49. The van der Waals surface area contributed by atoms with Gasteiger partial charge in [0.15, 0.2) is 0 Å². The molecule has 0 saturated heterocycles. The number of carbonyl (C=O) groups excluding carboxylic acids is 2. The van der Waals surface area contributed by atoms with E-state index in [1.165, 1.54) is 0 Å². The quantitative estimate of drug-likeness (QED) is 0.356. The Morgan fingerprint density at radius 2 is 1.71 bits per heavy atom. The van der Waals surface area contributed by atoms with Crippen molar-refractivity contribution in [3.63, 3.8) is 0 Å². The first-order valence-corrected chi connectivity index (χ1v) is 9.63. The van der Waals surface area contributed by atoms with Crippen LogP contribution in [0.2, 0.25) is 0 Å². The highest BCUT2D eigenvalue weighted by atomic mass is 16.6. The van der Waals surface area contributed by atoms with E-state index in [-0.39, 0.29) is 5.97 Å². The molecule has 0 unspecified atom stereocenters. The smallest absolute Gasteiger partial charge is 0.306 e. The molecular weight excluding hydrogens is 352 g/mol. The Morgan fingerprint density at radius 1 is 1.07 bits per heavy atom. The molecule has 0 heterocycles. The van der Waals surface area contributed by atoms with Crippen LogP contribution in [0.15, 0.2) is 30.3 Å². The van der Waals surface area contributed by atoms with Gasteiger partial charge in [-0.15, -0.1) is 0 Å². The van der Waals surface area contributed by atoms with Gasteiger partial charge in [0, 0.05) is 12.0 Å². The molecule has 4 heteroatoms. The van der Waals surface area contributed by atoms with Crippen molar-refractivity contribution in [2.75, 3.05) is 6.61 Å². The number of rotatable bonds is 7. The Hall–Kier alpha value is -2.62. The van der Waals surface area contributed by atoms with Crippen molar-refractivity contribution < 1.29 is 19.1 Å². The molecule has 150 valence electrons. The maximum Gasteiger partial charge on any atom is 0.306 e. The molecule has 0 fully saturated rings. The van der Waals surface area contributed by atoms with Gasteiger partial charge in [-0.2, -0.15) is 0 Å². The Bertz CT molecular complexity index is 836. The van der Waals surface area contributed by atoms with Crippen molar-refractivity contribution in [1.82, 2.24) is 0 Å². The van der Waals surface area contributed by atoms with Crippen molar-refractivity contribution in [2.24, 2.45) is 0 Å². The molecular formula is C24H30O4. The summed E-state index contributed by atoms with van der Waals surface area (Å²) in [5.74, 6) is 0.580. The summed E-state index contributed by atoms with van der Waals surface area (Å²) in [7, 11) is 0. The highest BCUT2D eigenvalue weighted by Crippen LogP contribution is 2.33. The number of benzene rings is 2. The molecule has 2 aromatic carbocycles. The molecule has 2 rings (SSSR count). The van der Waals surface area contributed by atoms with Gasteiger partial charge in [0.25, 0.3) is 0 Å². The fourth-order valence-corrected chi connectivity index (χ4v) is 3.28. The van der Waals surface area contributed by atoms with Gasteiger partial charge in [-0.25, -0.2) is 0 Å². The van der Waals surface area contributed by atoms with Crippen molar-refractivity contribution in [3.8, 4) is 16.9 Å². The van der Waals surface area contributed by atoms with E-state index in [0.29, 0.717) is 25.0 Å². The van der Waals surface area contributed by atoms with E-state index >= 15 is 0 Å². The number of hydrogen-bond acceptors (Lipinski definition) is 4. The Labute approximate surface area is 167 Å². The molecule has 0 aliphatic rings.